The smallest absolute Gasteiger partial charge is 0.164 e. The van der Waals surface area contributed by atoms with E-state index >= 15 is 0 Å². The summed E-state index contributed by atoms with van der Waals surface area (Å²) in [4.78, 5) is 0. The second-order valence-corrected chi connectivity index (χ2v) is 0.914. The van der Waals surface area contributed by atoms with E-state index in [0.29, 0.717) is 0 Å². The van der Waals surface area contributed by atoms with Crippen LogP contribution in [0, 0.1) is 0 Å². The normalized spacial score (nSPS) is 10.0. The monoisotopic (exact) mass is 137 g/mol. The first kappa shape index (κ1) is 8.64. The second-order valence-electron chi connectivity index (χ2n) is 0.914. The van der Waals surface area contributed by atoms with Gasteiger partial charge in [-0.05, 0) is 0 Å². The molecule has 9 heavy (non-hydrogen) atoms. The zero-order valence-electron chi connectivity index (χ0n) is 4.65. The minimum Gasteiger partial charge on any atom is -0.257 e. The Balaban J connectivity index is 2.60. The van der Waals surface area contributed by atoms with E-state index in [2.05, 4.69) is 38.7 Å². The fraction of sp³-hybridized carbons (Fsp3) is 0. The minimum atomic E-state index is 2.10. The number of nitrogens with two attached hydrogens (primary N) is 2. The summed E-state index contributed by atoms with van der Waals surface area (Å²) in [5.41, 5.74) is 15.9. The van der Waals surface area contributed by atoms with Crippen molar-refractivity contribution in [1.29, 1.82) is 0 Å². The van der Waals surface area contributed by atoms with Crippen molar-refractivity contribution in [2.45, 2.75) is 0 Å². The highest BCUT2D eigenvalue weighted by molar-refractivity contribution is 4.08. The molecule has 56 valence electrons. The van der Waals surface area contributed by atoms with E-state index in [-0.39, 0.29) is 0 Å². The van der Waals surface area contributed by atoms with Gasteiger partial charge in [-0.1, -0.05) is 0 Å². The zero-order chi connectivity index (χ0) is 6.95. The van der Waals surface area contributed by atoms with Gasteiger partial charge in [0.15, 0.2) is 0 Å². The van der Waals surface area contributed by atoms with Gasteiger partial charge in [0.1, 0.15) is 0 Å². The number of rotatable bonds is 6. The predicted octanol–water partition coefficient (Wildman–Crippen LogP) is -4.65. The van der Waals surface area contributed by atoms with Crippen LogP contribution in [-0.4, -0.2) is 0 Å². The lowest BCUT2D eigenvalue weighted by Crippen LogP contribution is -2.63. The largest absolute Gasteiger partial charge is 0.257 e. The summed E-state index contributed by atoms with van der Waals surface area (Å²) in [5, 5.41) is 0. The summed E-state index contributed by atoms with van der Waals surface area (Å²) in [6.07, 6.45) is 0. The molecule has 0 unspecified atom stereocenters. The molecular weight excluding hydrogens is 126 g/mol. The quantitative estimate of drug-likeness (QED) is 0.100. The zero-order valence-corrected chi connectivity index (χ0v) is 4.65. The number of hydrogen-bond acceptors (Lipinski definition) is 9. The third kappa shape index (κ3) is 7.64. The van der Waals surface area contributed by atoms with E-state index in [0.717, 1.165) is 0 Å². The number of nitrogens with one attached hydrogen (secondary N) is 7. The molecule has 0 aromatic rings. The average Bonchev–Trinajstić information content (AvgIpc) is 1.89. The second kappa shape index (κ2) is 7.64. The maximum atomic E-state index is 4.79. The third-order valence-electron chi connectivity index (χ3n) is 0.394. The van der Waals surface area contributed by atoms with Gasteiger partial charge >= 0.3 is 0 Å². The van der Waals surface area contributed by atoms with Crippen molar-refractivity contribution in [1.82, 2.24) is 38.7 Å². The van der Waals surface area contributed by atoms with E-state index in [9.17, 15) is 0 Å². The van der Waals surface area contributed by atoms with Crippen molar-refractivity contribution in [2.24, 2.45) is 11.7 Å². The Morgan fingerprint density at radius 3 is 1.22 bits per heavy atom. The average molecular weight is 137 g/mol. The van der Waals surface area contributed by atoms with Gasteiger partial charge in [-0.2, -0.15) is 38.7 Å². The first-order chi connectivity index (χ1) is 4.41. The summed E-state index contributed by atoms with van der Waals surface area (Å²) < 4.78 is 0. The Morgan fingerprint density at radius 1 is 0.556 bits per heavy atom. The highest BCUT2D eigenvalue weighted by atomic mass is 15.9. The summed E-state index contributed by atoms with van der Waals surface area (Å²) in [6, 6.07) is 0. The van der Waals surface area contributed by atoms with E-state index < -0.39 is 0 Å². The summed E-state index contributed by atoms with van der Waals surface area (Å²) in [6.45, 7) is 0. The van der Waals surface area contributed by atoms with Gasteiger partial charge in [-0.15, -0.1) is 0 Å². The maximum Gasteiger partial charge on any atom is -0.164 e. The van der Waals surface area contributed by atoms with Crippen molar-refractivity contribution in [2.75, 3.05) is 0 Å². The molecule has 0 heterocycles. The van der Waals surface area contributed by atoms with Gasteiger partial charge in [-0.3, -0.25) is 11.7 Å². The lowest BCUT2D eigenvalue weighted by Gasteiger charge is -2.07. The van der Waals surface area contributed by atoms with Crippen LogP contribution in [0.3, 0.4) is 0 Å². The van der Waals surface area contributed by atoms with E-state index in [1.807, 2.05) is 0 Å². The van der Waals surface area contributed by atoms with Gasteiger partial charge < -0.3 is 0 Å². The molecule has 0 spiro atoms. The molecule has 0 aromatic heterocycles. The molecule has 0 atom stereocenters. The molecule has 0 bridgehead atoms. The Morgan fingerprint density at radius 2 is 0.889 bits per heavy atom. The fourth-order valence-corrected chi connectivity index (χ4v) is 0.166. The Hall–Kier alpha value is -0.360. The van der Waals surface area contributed by atoms with Crippen molar-refractivity contribution < 1.29 is 0 Å². The van der Waals surface area contributed by atoms with Crippen molar-refractivity contribution >= 4 is 0 Å². The lowest BCUT2D eigenvalue weighted by molar-refractivity contribution is 0.275. The SMILES string of the molecule is NNNNNNNNN. The standard InChI is InChI=1S/H11N9/c1-3-5-7-9-8-6-4-2/h3-9H,1-2H2. The van der Waals surface area contributed by atoms with Gasteiger partial charge in [0, 0.05) is 0 Å². The lowest BCUT2D eigenvalue weighted by atomic mass is 12.1. The van der Waals surface area contributed by atoms with E-state index in [1.54, 1.807) is 0 Å². The predicted molar refractivity (Wildman–Crippen MR) is 30.3 cm³/mol. The van der Waals surface area contributed by atoms with Crippen molar-refractivity contribution in [3.8, 4) is 0 Å². The molecule has 0 aromatic carbocycles. The van der Waals surface area contributed by atoms with Crippen LogP contribution >= 0.6 is 0 Å². The highest BCUT2D eigenvalue weighted by Gasteiger charge is 1.74. The van der Waals surface area contributed by atoms with Crippen molar-refractivity contribution in [3.63, 3.8) is 0 Å². The van der Waals surface area contributed by atoms with Crippen LogP contribution in [0.2, 0.25) is 0 Å². The summed E-state index contributed by atoms with van der Waals surface area (Å²) in [5.74, 6) is 9.58. The summed E-state index contributed by atoms with van der Waals surface area (Å²) in [7, 11) is 0. The molecule has 0 radical (unpaired) electrons. The molecule has 9 nitrogen and oxygen atoms in total. The first-order valence-electron chi connectivity index (χ1n) is 2.08. The molecule has 0 fully saturated rings. The van der Waals surface area contributed by atoms with Gasteiger partial charge in [0.25, 0.3) is 0 Å². The molecule has 0 saturated heterocycles. The Labute approximate surface area is 51.7 Å². The van der Waals surface area contributed by atoms with Crippen LogP contribution in [0.4, 0.5) is 0 Å². The van der Waals surface area contributed by atoms with Crippen LogP contribution in [0.1, 0.15) is 0 Å². The third-order valence-corrected chi connectivity index (χ3v) is 0.394. The minimum absolute atomic E-state index is 2.10. The fourth-order valence-electron chi connectivity index (χ4n) is 0.166. The van der Waals surface area contributed by atoms with E-state index in [4.69, 9.17) is 11.7 Å². The van der Waals surface area contributed by atoms with Gasteiger partial charge in [-0.25, -0.2) is 0 Å². The topological polar surface area (TPSA) is 136 Å². The molecule has 0 rings (SSSR count). The Kier molecular flexibility index (Phi) is 7.33. The van der Waals surface area contributed by atoms with Crippen LogP contribution in [0.15, 0.2) is 0 Å². The highest BCUT2D eigenvalue weighted by Crippen LogP contribution is 1.19. The molecule has 0 aliphatic carbocycles. The molecule has 0 saturated carbocycles. The van der Waals surface area contributed by atoms with Crippen LogP contribution in [0.5, 0.6) is 0 Å². The first-order valence-corrected chi connectivity index (χ1v) is 2.08. The Bertz CT molecular complexity index is 33.3. The summed E-state index contributed by atoms with van der Waals surface area (Å²) >= 11 is 0. The number of hydrazine groups is 8. The molecule has 0 aliphatic rings. The maximum absolute atomic E-state index is 4.79. The molecule has 0 aliphatic heterocycles. The molecular formula is H11N9. The molecule has 9 heteroatoms. The molecule has 0 amide bonds. The van der Waals surface area contributed by atoms with Crippen LogP contribution < -0.4 is 50.4 Å². The van der Waals surface area contributed by atoms with Crippen molar-refractivity contribution in [3.05, 3.63) is 0 Å². The van der Waals surface area contributed by atoms with E-state index in [1.165, 1.54) is 0 Å². The molecule has 11 N–H and O–H groups in total. The van der Waals surface area contributed by atoms with Crippen LogP contribution in [0.25, 0.3) is 0 Å². The van der Waals surface area contributed by atoms with Gasteiger partial charge in [0.2, 0.25) is 0 Å². The number of hydrogen-bond donors (Lipinski definition) is 9. The van der Waals surface area contributed by atoms with Crippen LogP contribution in [-0.2, 0) is 0 Å². The van der Waals surface area contributed by atoms with Gasteiger partial charge in [0.05, 0.1) is 0 Å².